The van der Waals surface area contributed by atoms with Crippen LogP contribution in [0, 0.1) is 0 Å². The van der Waals surface area contributed by atoms with Crippen molar-refractivity contribution in [2.24, 2.45) is 0 Å². The van der Waals surface area contributed by atoms with Crippen molar-refractivity contribution >= 4 is 27.4 Å². The molecule has 1 fully saturated rings. The first-order valence-corrected chi connectivity index (χ1v) is 9.19. The normalized spacial score (nSPS) is 17.2. The van der Waals surface area contributed by atoms with Crippen molar-refractivity contribution in [2.45, 2.75) is 13.5 Å². The topological polar surface area (TPSA) is 65.5 Å². The van der Waals surface area contributed by atoms with Crippen LogP contribution in [-0.4, -0.2) is 56.7 Å². The maximum absolute atomic E-state index is 11.5. The number of nitrogens with one attached hydrogen (secondary N) is 1. The van der Waals surface area contributed by atoms with Crippen LogP contribution in [0.25, 0.3) is 0 Å². The first-order chi connectivity index (χ1) is 9.91. The van der Waals surface area contributed by atoms with E-state index >= 15 is 0 Å². The fourth-order valence-corrected chi connectivity index (χ4v) is 3.44. The van der Waals surface area contributed by atoms with Gasteiger partial charge in [-0.1, -0.05) is 18.5 Å². The third kappa shape index (κ3) is 4.29. The van der Waals surface area contributed by atoms with Gasteiger partial charge in [-0.3, -0.25) is 0 Å². The number of halogens is 1. The van der Waals surface area contributed by atoms with Crippen LogP contribution in [0.5, 0.6) is 0 Å². The van der Waals surface area contributed by atoms with Gasteiger partial charge in [-0.05, 0) is 18.2 Å². The molecule has 1 N–H and O–H groups in total. The van der Waals surface area contributed by atoms with Crippen LogP contribution in [-0.2, 0) is 16.6 Å². The van der Waals surface area contributed by atoms with Gasteiger partial charge in [0.2, 0.25) is 10.0 Å². The average Bonchev–Trinajstić information content (AvgIpc) is 2.44. The maximum atomic E-state index is 11.5. The summed E-state index contributed by atoms with van der Waals surface area (Å²) in [6.07, 6.45) is 3.05. The number of hydrogen-bond acceptors (Lipinski definition) is 5. The Balaban J connectivity index is 2.03. The Morgan fingerprint density at radius 3 is 2.52 bits per heavy atom. The minimum atomic E-state index is -3.11. The lowest BCUT2D eigenvalue weighted by Crippen LogP contribution is -2.48. The molecule has 0 amide bonds. The summed E-state index contributed by atoms with van der Waals surface area (Å²) in [5.74, 6) is 0.727. The van der Waals surface area contributed by atoms with E-state index in [0.717, 1.165) is 24.5 Å². The molecule has 6 nitrogen and oxygen atoms in total. The molecule has 2 rings (SSSR count). The van der Waals surface area contributed by atoms with E-state index in [0.29, 0.717) is 31.2 Å². The van der Waals surface area contributed by atoms with Gasteiger partial charge in [-0.2, -0.15) is 4.31 Å². The standard InChI is InChI=1S/C13H21ClN4O2S/c1-3-15-9-11-8-12(14)13(16-10-11)17-4-6-18(7-5-17)21(2,19)20/h8,10,15H,3-7,9H2,1-2H3. The van der Waals surface area contributed by atoms with Gasteiger partial charge < -0.3 is 10.2 Å². The second-order valence-corrected chi connectivity index (χ2v) is 7.47. The number of pyridine rings is 1. The quantitative estimate of drug-likeness (QED) is 0.869. The summed E-state index contributed by atoms with van der Waals surface area (Å²) in [6.45, 7) is 5.83. The zero-order valence-electron chi connectivity index (χ0n) is 12.3. The molecular weight excluding hydrogens is 312 g/mol. The second-order valence-electron chi connectivity index (χ2n) is 5.08. The summed E-state index contributed by atoms with van der Waals surface area (Å²) in [6, 6.07) is 1.91. The van der Waals surface area contributed by atoms with E-state index in [4.69, 9.17) is 11.6 Å². The highest BCUT2D eigenvalue weighted by molar-refractivity contribution is 7.88. The van der Waals surface area contributed by atoms with E-state index in [1.807, 2.05) is 24.1 Å². The predicted octanol–water partition coefficient (Wildman–Crippen LogP) is 0.926. The van der Waals surface area contributed by atoms with E-state index in [1.54, 1.807) is 0 Å². The molecule has 0 bridgehead atoms. The number of rotatable bonds is 5. The van der Waals surface area contributed by atoms with Crippen molar-refractivity contribution in [3.05, 3.63) is 22.8 Å². The predicted molar refractivity (Wildman–Crippen MR) is 85.3 cm³/mol. The van der Waals surface area contributed by atoms with Gasteiger partial charge >= 0.3 is 0 Å². The lowest BCUT2D eigenvalue weighted by molar-refractivity contribution is 0.387. The Bertz CT molecular complexity index is 586. The number of sulfonamides is 1. The molecule has 0 aromatic carbocycles. The Kier molecular flexibility index (Phi) is 5.43. The third-order valence-corrected chi connectivity index (χ3v) is 5.05. The molecule has 0 aliphatic carbocycles. The highest BCUT2D eigenvalue weighted by Crippen LogP contribution is 2.25. The molecule has 1 saturated heterocycles. The lowest BCUT2D eigenvalue weighted by Gasteiger charge is -2.34. The van der Waals surface area contributed by atoms with Crippen LogP contribution >= 0.6 is 11.6 Å². The van der Waals surface area contributed by atoms with Crippen molar-refractivity contribution < 1.29 is 8.42 Å². The number of piperazine rings is 1. The number of nitrogens with zero attached hydrogens (tertiary/aromatic N) is 3. The second kappa shape index (κ2) is 6.91. The monoisotopic (exact) mass is 332 g/mol. The fourth-order valence-electron chi connectivity index (χ4n) is 2.30. The van der Waals surface area contributed by atoms with E-state index in [-0.39, 0.29) is 0 Å². The SMILES string of the molecule is CCNCc1cnc(N2CCN(S(C)(=O)=O)CC2)c(Cl)c1. The van der Waals surface area contributed by atoms with Crippen molar-refractivity contribution in [1.29, 1.82) is 0 Å². The molecule has 1 aromatic rings. The molecule has 0 unspecified atom stereocenters. The molecule has 21 heavy (non-hydrogen) atoms. The zero-order chi connectivity index (χ0) is 15.5. The summed E-state index contributed by atoms with van der Waals surface area (Å²) >= 11 is 6.30. The number of aromatic nitrogens is 1. The van der Waals surface area contributed by atoms with E-state index < -0.39 is 10.0 Å². The largest absolute Gasteiger partial charge is 0.353 e. The van der Waals surface area contributed by atoms with Crippen LogP contribution in [0.4, 0.5) is 5.82 Å². The molecule has 0 spiro atoms. The van der Waals surface area contributed by atoms with Crippen LogP contribution in [0.2, 0.25) is 5.02 Å². The molecule has 8 heteroatoms. The maximum Gasteiger partial charge on any atom is 0.211 e. The minimum absolute atomic E-state index is 0.468. The first-order valence-electron chi connectivity index (χ1n) is 6.97. The van der Waals surface area contributed by atoms with E-state index in [9.17, 15) is 8.42 Å². The summed E-state index contributed by atoms with van der Waals surface area (Å²) in [5, 5.41) is 3.84. The van der Waals surface area contributed by atoms with Crippen molar-refractivity contribution in [1.82, 2.24) is 14.6 Å². The lowest BCUT2D eigenvalue weighted by atomic mass is 10.2. The van der Waals surface area contributed by atoms with Crippen LogP contribution in [0.15, 0.2) is 12.3 Å². The molecule has 1 aliphatic heterocycles. The van der Waals surface area contributed by atoms with Crippen LogP contribution in [0.1, 0.15) is 12.5 Å². The molecule has 1 aliphatic rings. The molecule has 118 valence electrons. The molecule has 1 aromatic heterocycles. The fraction of sp³-hybridized carbons (Fsp3) is 0.615. The summed E-state index contributed by atoms with van der Waals surface area (Å²) in [5.41, 5.74) is 1.04. The molecule has 0 radical (unpaired) electrons. The van der Waals surface area contributed by atoms with Crippen molar-refractivity contribution in [3.8, 4) is 0 Å². The van der Waals surface area contributed by atoms with E-state index in [2.05, 4.69) is 10.3 Å². The zero-order valence-corrected chi connectivity index (χ0v) is 13.9. The van der Waals surface area contributed by atoms with Gasteiger partial charge in [0.05, 0.1) is 11.3 Å². The van der Waals surface area contributed by atoms with Gasteiger partial charge in [-0.25, -0.2) is 13.4 Å². The average molecular weight is 333 g/mol. The smallest absolute Gasteiger partial charge is 0.211 e. The van der Waals surface area contributed by atoms with Gasteiger partial charge in [0.15, 0.2) is 0 Å². The minimum Gasteiger partial charge on any atom is -0.353 e. The number of hydrogen-bond donors (Lipinski definition) is 1. The van der Waals surface area contributed by atoms with Crippen LogP contribution in [0.3, 0.4) is 0 Å². The summed E-state index contributed by atoms with van der Waals surface area (Å²) in [4.78, 5) is 6.46. The summed E-state index contributed by atoms with van der Waals surface area (Å²) in [7, 11) is -3.11. The molecule has 0 saturated carbocycles. The Labute approximate surface area is 131 Å². The molecule has 2 heterocycles. The van der Waals surface area contributed by atoms with Crippen molar-refractivity contribution in [2.75, 3.05) is 43.9 Å². The Morgan fingerprint density at radius 2 is 2.00 bits per heavy atom. The summed E-state index contributed by atoms with van der Waals surface area (Å²) < 4.78 is 24.5. The van der Waals surface area contributed by atoms with Gasteiger partial charge in [0.25, 0.3) is 0 Å². The van der Waals surface area contributed by atoms with Gasteiger partial charge in [0.1, 0.15) is 5.82 Å². The van der Waals surface area contributed by atoms with Gasteiger partial charge in [-0.15, -0.1) is 0 Å². The third-order valence-electron chi connectivity index (χ3n) is 3.46. The number of anilines is 1. The van der Waals surface area contributed by atoms with Crippen molar-refractivity contribution in [3.63, 3.8) is 0 Å². The molecule has 0 atom stereocenters. The highest BCUT2D eigenvalue weighted by atomic mass is 35.5. The van der Waals surface area contributed by atoms with Gasteiger partial charge in [0, 0.05) is 38.9 Å². The van der Waals surface area contributed by atoms with Crippen LogP contribution < -0.4 is 10.2 Å². The van der Waals surface area contributed by atoms with E-state index in [1.165, 1.54) is 10.6 Å². The Morgan fingerprint density at radius 1 is 1.33 bits per heavy atom. The Hall–Kier alpha value is -0.890. The molecular formula is C13H21ClN4O2S. The highest BCUT2D eigenvalue weighted by Gasteiger charge is 2.25. The first kappa shape index (κ1) is 16.5.